The van der Waals surface area contributed by atoms with Gasteiger partial charge in [0.1, 0.15) is 24.1 Å². The quantitative estimate of drug-likeness (QED) is 0.696. The van der Waals surface area contributed by atoms with Crippen molar-refractivity contribution >= 4 is 0 Å². The lowest BCUT2D eigenvalue weighted by atomic mass is 9.97. The van der Waals surface area contributed by atoms with Gasteiger partial charge in [-0.1, -0.05) is 12.1 Å². The molecule has 3 atom stereocenters. The molecule has 0 radical (unpaired) electrons. The van der Waals surface area contributed by atoms with Crippen LogP contribution >= 0.6 is 0 Å². The van der Waals surface area contributed by atoms with Crippen LogP contribution in [0.15, 0.2) is 24.3 Å². The van der Waals surface area contributed by atoms with Crippen LogP contribution in [0.5, 0.6) is 5.75 Å². The summed E-state index contributed by atoms with van der Waals surface area (Å²) < 4.78 is 10.9. The number of aliphatic hydroxyl groups excluding tert-OH is 1. The lowest BCUT2D eigenvalue weighted by Gasteiger charge is -2.26. The maximum absolute atomic E-state index is 10.3. The zero-order chi connectivity index (χ0) is 15.3. The first-order chi connectivity index (χ1) is 9.99. The summed E-state index contributed by atoms with van der Waals surface area (Å²) in [7, 11) is 0. The molecule has 0 spiro atoms. The van der Waals surface area contributed by atoms with Gasteiger partial charge in [-0.2, -0.15) is 0 Å². The van der Waals surface area contributed by atoms with Crippen molar-refractivity contribution in [2.24, 2.45) is 0 Å². The number of hydrogen-bond acceptors (Lipinski definition) is 5. The van der Waals surface area contributed by atoms with Gasteiger partial charge in [0.15, 0.2) is 0 Å². The summed E-state index contributed by atoms with van der Waals surface area (Å²) in [4.78, 5) is 0. The molecule has 0 amide bonds. The number of aliphatic hydroxyl groups is 2. The summed E-state index contributed by atoms with van der Waals surface area (Å²) in [6.07, 6.45) is -0.172. The van der Waals surface area contributed by atoms with E-state index in [1.54, 1.807) is 0 Å². The summed E-state index contributed by atoms with van der Waals surface area (Å²) in [6.45, 7) is 5.46. The van der Waals surface area contributed by atoms with Gasteiger partial charge in [0.2, 0.25) is 0 Å². The molecule has 1 heterocycles. The van der Waals surface area contributed by atoms with Crippen LogP contribution in [0, 0.1) is 6.92 Å². The number of hydrogen-bond donors (Lipinski definition) is 3. The molecule has 0 saturated carbocycles. The second-order valence-electron chi connectivity index (χ2n) is 5.78. The third-order valence-corrected chi connectivity index (χ3v) is 3.90. The molecule has 3 unspecified atom stereocenters. The van der Waals surface area contributed by atoms with Crippen molar-refractivity contribution in [1.82, 2.24) is 5.32 Å². The third-order valence-electron chi connectivity index (χ3n) is 3.90. The van der Waals surface area contributed by atoms with Crippen LogP contribution in [0.1, 0.15) is 18.9 Å². The Labute approximate surface area is 125 Å². The van der Waals surface area contributed by atoms with Gasteiger partial charge < -0.3 is 25.0 Å². The van der Waals surface area contributed by atoms with Gasteiger partial charge in [-0.3, -0.25) is 0 Å². The molecule has 2 rings (SSSR count). The Bertz CT molecular complexity index is 454. The molecule has 1 aromatic carbocycles. The van der Waals surface area contributed by atoms with Crippen LogP contribution in [0.2, 0.25) is 0 Å². The lowest BCUT2D eigenvalue weighted by Crippen LogP contribution is -2.47. The third kappa shape index (κ3) is 4.68. The molecule has 1 fully saturated rings. The fraction of sp³-hybridized carbons (Fsp3) is 0.625. The molecule has 21 heavy (non-hydrogen) atoms. The summed E-state index contributed by atoms with van der Waals surface area (Å²) in [5.41, 5.74) is 0.287. The summed E-state index contributed by atoms with van der Waals surface area (Å²) in [5, 5.41) is 23.3. The number of rotatable bonds is 7. The molecule has 0 bridgehead atoms. The molecule has 5 nitrogen and oxygen atoms in total. The second kappa shape index (κ2) is 7.22. The first-order valence-corrected chi connectivity index (χ1v) is 7.42. The predicted molar refractivity (Wildman–Crippen MR) is 80.5 cm³/mol. The number of ether oxygens (including phenoxy) is 2. The molecular weight excluding hydrogens is 270 g/mol. The van der Waals surface area contributed by atoms with Crippen LogP contribution in [0.3, 0.4) is 0 Å². The minimum atomic E-state index is -0.836. The SMILES string of the molecule is Cc1cccc(OCC(O)CNCC2(O)CCOC2C)c1. The Morgan fingerprint density at radius 2 is 2.33 bits per heavy atom. The van der Waals surface area contributed by atoms with E-state index in [1.807, 2.05) is 38.1 Å². The van der Waals surface area contributed by atoms with Gasteiger partial charge in [-0.15, -0.1) is 0 Å². The zero-order valence-electron chi connectivity index (χ0n) is 12.7. The van der Waals surface area contributed by atoms with Gasteiger partial charge in [-0.25, -0.2) is 0 Å². The normalized spacial score (nSPS) is 26.8. The minimum absolute atomic E-state index is 0.175. The fourth-order valence-electron chi connectivity index (χ4n) is 2.41. The van der Waals surface area contributed by atoms with Crippen molar-refractivity contribution < 1.29 is 19.7 Å². The van der Waals surface area contributed by atoms with Gasteiger partial charge in [0.25, 0.3) is 0 Å². The highest BCUT2D eigenvalue weighted by atomic mass is 16.5. The minimum Gasteiger partial charge on any atom is -0.491 e. The second-order valence-corrected chi connectivity index (χ2v) is 5.78. The van der Waals surface area contributed by atoms with Crippen LogP contribution in [-0.4, -0.2) is 54.3 Å². The molecule has 5 heteroatoms. The fourth-order valence-corrected chi connectivity index (χ4v) is 2.41. The highest BCUT2D eigenvalue weighted by Gasteiger charge is 2.39. The molecule has 1 saturated heterocycles. The summed E-state index contributed by atoms with van der Waals surface area (Å²) in [6, 6.07) is 7.72. The average Bonchev–Trinajstić information content (AvgIpc) is 2.77. The Kier molecular flexibility index (Phi) is 5.58. The monoisotopic (exact) mass is 295 g/mol. The summed E-state index contributed by atoms with van der Waals surface area (Å²) in [5.74, 6) is 0.755. The molecular formula is C16H25NO4. The topological polar surface area (TPSA) is 71.0 Å². The maximum atomic E-state index is 10.3. The zero-order valence-corrected chi connectivity index (χ0v) is 12.7. The largest absolute Gasteiger partial charge is 0.491 e. The van der Waals surface area contributed by atoms with E-state index in [1.165, 1.54) is 0 Å². The molecule has 0 aromatic heterocycles. The van der Waals surface area contributed by atoms with Gasteiger partial charge in [0.05, 0.1) is 6.10 Å². The molecule has 1 aromatic rings. The van der Waals surface area contributed by atoms with Crippen molar-refractivity contribution in [2.45, 2.75) is 38.1 Å². The van der Waals surface area contributed by atoms with Crippen molar-refractivity contribution in [3.8, 4) is 5.75 Å². The number of nitrogens with one attached hydrogen (secondary N) is 1. The van der Waals surface area contributed by atoms with E-state index in [-0.39, 0.29) is 12.7 Å². The van der Waals surface area contributed by atoms with Crippen LogP contribution < -0.4 is 10.1 Å². The standard InChI is InChI=1S/C16H25NO4/c1-12-4-3-5-15(8-12)21-10-14(18)9-17-11-16(19)6-7-20-13(16)2/h3-5,8,13-14,17-19H,6-7,9-11H2,1-2H3. The van der Waals surface area contributed by atoms with Crippen molar-refractivity contribution in [2.75, 3.05) is 26.3 Å². The van der Waals surface area contributed by atoms with Crippen LogP contribution in [0.25, 0.3) is 0 Å². The number of benzene rings is 1. The van der Waals surface area contributed by atoms with E-state index in [4.69, 9.17) is 9.47 Å². The highest BCUT2D eigenvalue weighted by Crippen LogP contribution is 2.24. The lowest BCUT2D eigenvalue weighted by molar-refractivity contribution is -0.0279. The van der Waals surface area contributed by atoms with E-state index in [0.29, 0.717) is 26.1 Å². The van der Waals surface area contributed by atoms with E-state index in [0.717, 1.165) is 11.3 Å². The van der Waals surface area contributed by atoms with E-state index >= 15 is 0 Å². The average molecular weight is 295 g/mol. The molecule has 118 valence electrons. The molecule has 1 aliphatic heterocycles. The molecule has 0 aliphatic carbocycles. The van der Waals surface area contributed by atoms with Gasteiger partial charge in [0, 0.05) is 26.1 Å². The molecule has 1 aliphatic rings. The van der Waals surface area contributed by atoms with Crippen LogP contribution in [0.4, 0.5) is 0 Å². The first kappa shape index (κ1) is 16.2. The Morgan fingerprint density at radius 1 is 1.52 bits per heavy atom. The number of aryl methyl sites for hydroxylation is 1. The maximum Gasteiger partial charge on any atom is 0.119 e. The van der Waals surface area contributed by atoms with Crippen molar-refractivity contribution in [3.63, 3.8) is 0 Å². The van der Waals surface area contributed by atoms with Crippen molar-refractivity contribution in [3.05, 3.63) is 29.8 Å². The van der Waals surface area contributed by atoms with E-state index < -0.39 is 11.7 Å². The Hall–Kier alpha value is -1.14. The van der Waals surface area contributed by atoms with E-state index in [2.05, 4.69) is 5.32 Å². The van der Waals surface area contributed by atoms with Gasteiger partial charge >= 0.3 is 0 Å². The highest BCUT2D eigenvalue weighted by molar-refractivity contribution is 5.27. The first-order valence-electron chi connectivity index (χ1n) is 7.42. The Morgan fingerprint density at radius 3 is 3.00 bits per heavy atom. The van der Waals surface area contributed by atoms with Crippen LogP contribution in [-0.2, 0) is 4.74 Å². The molecule has 3 N–H and O–H groups in total. The summed E-state index contributed by atoms with van der Waals surface area (Å²) >= 11 is 0. The predicted octanol–water partition coefficient (Wildman–Crippen LogP) is 0.864. The van der Waals surface area contributed by atoms with E-state index in [9.17, 15) is 10.2 Å². The van der Waals surface area contributed by atoms with Crippen molar-refractivity contribution in [1.29, 1.82) is 0 Å². The smallest absolute Gasteiger partial charge is 0.119 e. The Balaban J connectivity index is 1.67. The van der Waals surface area contributed by atoms with Gasteiger partial charge in [-0.05, 0) is 31.5 Å².